The molecule has 0 aliphatic heterocycles. The standard InChI is InChI=1S/C12H11BrFN3/c13-9-4-12(11(15)5-10(9)14)17-7-8-2-1-3-16-6-8/h1-6,17H,7,15H2. The number of rotatable bonds is 3. The van der Waals surface area contributed by atoms with Gasteiger partial charge in [-0.15, -0.1) is 0 Å². The van der Waals surface area contributed by atoms with Crippen molar-refractivity contribution in [3.63, 3.8) is 0 Å². The smallest absolute Gasteiger partial charge is 0.139 e. The van der Waals surface area contributed by atoms with Crippen LogP contribution in [0.1, 0.15) is 5.56 Å². The lowest BCUT2D eigenvalue weighted by atomic mass is 10.2. The highest BCUT2D eigenvalue weighted by Crippen LogP contribution is 2.26. The fourth-order valence-corrected chi connectivity index (χ4v) is 1.76. The van der Waals surface area contributed by atoms with Gasteiger partial charge in [0.1, 0.15) is 5.82 Å². The van der Waals surface area contributed by atoms with E-state index in [0.29, 0.717) is 22.4 Å². The van der Waals surface area contributed by atoms with Crippen LogP contribution in [0.5, 0.6) is 0 Å². The molecule has 3 N–H and O–H groups in total. The van der Waals surface area contributed by atoms with Crippen LogP contribution in [0.4, 0.5) is 15.8 Å². The van der Waals surface area contributed by atoms with E-state index >= 15 is 0 Å². The normalized spacial score (nSPS) is 10.2. The molecule has 0 atom stereocenters. The monoisotopic (exact) mass is 295 g/mol. The predicted octanol–water partition coefficient (Wildman–Crippen LogP) is 3.18. The van der Waals surface area contributed by atoms with Crippen molar-refractivity contribution < 1.29 is 4.39 Å². The fraction of sp³-hybridized carbons (Fsp3) is 0.0833. The van der Waals surface area contributed by atoms with Crippen molar-refractivity contribution in [3.05, 3.63) is 52.5 Å². The molecular formula is C12H11BrFN3. The molecule has 0 fully saturated rings. The summed E-state index contributed by atoms with van der Waals surface area (Å²) in [6, 6.07) is 6.73. The number of anilines is 2. The van der Waals surface area contributed by atoms with E-state index in [-0.39, 0.29) is 5.82 Å². The summed E-state index contributed by atoms with van der Waals surface area (Å²) < 4.78 is 13.5. The van der Waals surface area contributed by atoms with Gasteiger partial charge in [0, 0.05) is 25.0 Å². The van der Waals surface area contributed by atoms with E-state index in [4.69, 9.17) is 5.73 Å². The third kappa shape index (κ3) is 2.94. The molecule has 0 radical (unpaired) electrons. The Kier molecular flexibility index (Phi) is 3.58. The van der Waals surface area contributed by atoms with Crippen molar-refractivity contribution >= 4 is 27.3 Å². The Balaban J connectivity index is 2.12. The van der Waals surface area contributed by atoms with Gasteiger partial charge in [-0.05, 0) is 33.6 Å². The van der Waals surface area contributed by atoms with E-state index in [1.54, 1.807) is 18.5 Å². The summed E-state index contributed by atoms with van der Waals surface area (Å²) >= 11 is 3.12. The van der Waals surface area contributed by atoms with Crippen LogP contribution in [0.2, 0.25) is 0 Å². The molecule has 0 spiro atoms. The molecule has 3 nitrogen and oxygen atoms in total. The maximum Gasteiger partial charge on any atom is 0.139 e. The van der Waals surface area contributed by atoms with Gasteiger partial charge in [0.25, 0.3) is 0 Å². The highest BCUT2D eigenvalue weighted by molar-refractivity contribution is 9.10. The van der Waals surface area contributed by atoms with Gasteiger partial charge in [0.05, 0.1) is 15.8 Å². The molecule has 1 heterocycles. The average molecular weight is 296 g/mol. The molecule has 0 bridgehead atoms. The number of hydrogen-bond donors (Lipinski definition) is 2. The van der Waals surface area contributed by atoms with Gasteiger partial charge in [0.15, 0.2) is 0 Å². The molecule has 0 aliphatic carbocycles. The van der Waals surface area contributed by atoms with Gasteiger partial charge >= 0.3 is 0 Å². The van der Waals surface area contributed by atoms with Crippen LogP contribution in [0, 0.1) is 5.82 Å². The molecule has 2 aromatic rings. The number of nitrogen functional groups attached to an aromatic ring is 1. The Morgan fingerprint density at radius 1 is 1.41 bits per heavy atom. The van der Waals surface area contributed by atoms with Crippen molar-refractivity contribution in [1.29, 1.82) is 0 Å². The van der Waals surface area contributed by atoms with Gasteiger partial charge in [-0.3, -0.25) is 4.98 Å². The molecule has 88 valence electrons. The van der Waals surface area contributed by atoms with E-state index in [2.05, 4.69) is 26.2 Å². The summed E-state index contributed by atoms with van der Waals surface area (Å²) in [4.78, 5) is 4.01. The maximum absolute atomic E-state index is 13.2. The van der Waals surface area contributed by atoms with Gasteiger partial charge in [-0.1, -0.05) is 6.07 Å². The van der Waals surface area contributed by atoms with Crippen molar-refractivity contribution in [1.82, 2.24) is 4.98 Å². The maximum atomic E-state index is 13.2. The zero-order valence-corrected chi connectivity index (χ0v) is 10.5. The zero-order valence-electron chi connectivity index (χ0n) is 8.95. The number of nitrogens with one attached hydrogen (secondary N) is 1. The molecule has 0 saturated heterocycles. The minimum atomic E-state index is -0.366. The number of aromatic nitrogens is 1. The SMILES string of the molecule is Nc1cc(F)c(Br)cc1NCc1cccnc1. The van der Waals surface area contributed by atoms with Crippen molar-refractivity contribution in [2.24, 2.45) is 0 Å². The third-order valence-corrected chi connectivity index (χ3v) is 2.91. The molecule has 1 aromatic heterocycles. The minimum Gasteiger partial charge on any atom is -0.397 e. The molecule has 0 aliphatic rings. The van der Waals surface area contributed by atoms with E-state index in [1.165, 1.54) is 6.07 Å². The summed E-state index contributed by atoms with van der Waals surface area (Å²) in [5.41, 5.74) is 7.83. The van der Waals surface area contributed by atoms with E-state index < -0.39 is 0 Å². The quantitative estimate of drug-likeness (QED) is 0.855. The largest absolute Gasteiger partial charge is 0.397 e. The van der Waals surface area contributed by atoms with Crippen molar-refractivity contribution in [2.45, 2.75) is 6.54 Å². The summed E-state index contributed by atoms with van der Waals surface area (Å²) in [6.45, 7) is 0.593. The highest BCUT2D eigenvalue weighted by Gasteiger charge is 2.05. The first kappa shape index (κ1) is 11.9. The van der Waals surface area contributed by atoms with Crippen molar-refractivity contribution in [3.8, 4) is 0 Å². The second kappa shape index (κ2) is 5.14. The predicted molar refractivity (Wildman–Crippen MR) is 70.1 cm³/mol. The number of hydrogen-bond acceptors (Lipinski definition) is 3. The first-order valence-corrected chi connectivity index (χ1v) is 5.83. The second-order valence-corrected chi connectivity index (χ2v) is 4.42. The van der Waals surface area contributed by atoms with Gasteiger partial charge in [0.2, 0.25) is 0 Å². The van der Waals surface area contributed by atoms with Crippen LogP contribution in [-0.2, 0) is 6.54 Å². The highest BCUT2D eigenvalue weighted by atomic mass is 79.9. The number of nitrogens with two attached hydrogens (primary N) is 1. The lowest BCUT2D eigenvalue weighted by molar-refractivity contribution is 0.622. The topological polar surface area (TPSA) is 50.9 Å². The Morgan fingerprint density at radius 3 is 2.94 bits per heavy atom. The van der Waals surface area contributed by atoms with Gasteiger partial charge in [-0.2, -0.15) is 0 Å². The fourth-order valence-electron chi connectivity index (χ4n) is 1.42. The molecule has 17 heavy (non-hydrogen) atoms. The average Bonchev–Trinajstić information content (AvgIpc) is 2.33. The lowest BCUT2D eigenvalue weighted by Gasteiger charge is -2.10. The van der Waals surface area contributed by atoms with Crippen LogP contribution >= 0.6 is 15.9 Å². The third-order valence-electron chi connectivity index (χ3n) is 2.30. The van der Waals surface area contributed by atoms with Crippen LogP contribution in [-0.4, -0.2) is 4.98 Å². The Bertz CT molecular complexity index is 517. The number of benzene rings is 1. The van der Waals surface area contributed by atoms with Crippen LogP contribution in [0.15, 0.2) is 41.1 Å². The number of pyridine rings is 1. The van der Waals surface area contributed by atoms with Crippen LogP contribution in [0.3, 0.4) is 0 Å². The zero-order chi connectivity index (χ0) is 12.3. The summed E-state index contributed by atoms with van der Waals surface area (Å²) in [7, 11) is 0. The van der Waals surface area contributed by atoms with E-state index in [9.17, 15) is 4.39 Å². The molecular weight excluding hydrogens is 285 g/mol. The molecule has 2 rings (SSSR count). The lowest BCUT2D eigenvalue weighted by Crippen LogP contribution is -2.03. The Labute approximate surface area is 107 Å². The first-order chi connectivity index (χ1) is 8.16. The van der Waals surface area contributed by atoms with Gasteiger partial charge < -0.3 is 11.1 Å². The van der Waals surface area contributed by atoms with Crippen LogP contribution in [0.25, 0.3) is 0 Å². The number of nitrogens with zero attached hydrogens (tertiary/aromatic N) is 1. The molecule has 1 aromatic carbocycles. The second-order valence-electron chi connectivity index (χ2n) is 3.57. The van der Waals surface area contributed by atoms with E-state index in [1.807, 2.05) is 12.1 Å². The van der Waals surface area contributed by atoms with Gasteiger partial charge in [-0.25, -0.2) is 4.39 Å². The minimum absolute atomic E-state index is 0.366. The molecule has 0 saturated carbocycles. The molecule has 5 heteroatoms. The van der Waals surface area contributed by atoms with Crippen LogP contribution < -0.4 is 11.1 Å². The number of halogens is 2. The first-order valence-electron chi connectivity index (χ1n) is 5.04. The summed E-state index contributed by atoms with van der Waals surface area (Å²) in [5.74, 6) is -0.366. The summed E-state index contributed by atoms with van der Waals surface area (Å²) in [6.07, 6.45) is 3.48. The summed E-state index contributed by atoms with van der Waals surface area (Å²) in [5, 5.41) is 3.14. The van der Waals surface area contributed by atoms with E-state index in [0.717, 1.165) is 5.56 Å². The van der Waals surface area contributed by atoms with Crippen molar-refractivity contribution in [2.75, 3.05) is 11.1 Å². The Morgan fingerprint density at radius 2 is 2.24 bits per heavy atom. The molecule has 0 unspecified atom stereocenters. The molecule has 0 amide bonds. The Hall–Kier alpha value is -1.62.